The van der Waals surface area contributed by atoms with Crippen molar-refractivity contribution in [3.05, 3.63) is 81.0 Å². The van der Waals surface area contributed by atoms with Crippen LogP contribution in [0.15, 0.2) is 59.4 Å². The summed E-state index contributed by atoms with van der Waals surface area (Å²) >= 11 is 1.80. The molecule has 4 heteroatoms. The number of pyridine rings is 1. The Morgan fingerprint density at radius 3 is 2.68 bits per heavy atom. The van der Waals surface area contributed by atoms with Gasteiger partial charge in [0.1, 0.15) is 0 Å². The molecular formula is C21H20N2OS. The van der Waals surface area contributed by atoms with Crippen LogP contribution in [-0.2, 0) is 20.1 Å². The van der Waals surface area contributed by atoms with Crippen molar-refractivity contribution in [1.29, 1.82) is 0 Å². The number of aromatic nitrogens is 1. The Morgan fingerprint density at radius 1 is 1.00 bits per heavy atom. The summed E-state index contributed by atoms with van der Waals surface area (Å²) in [5, 5.41) is 5.81. The molecule has 0 saturated carbocycles. The lowest BCUT2D eigenvalue weighted by atomic mass is 10.1. The number of aryl methyl sites for hydroxylation is 2. The van der Waals surface area contributed by atoms with Crippen LogP contribution in [0.4, 0.5) is 0 Å². The molecule has 0 atom stereocenters. The normalized spacial score (nSPS) is 11.4. The van der Waals surface area contributed by atoms with Gasteiger partial charge in [-0.05, 0) is 48.0 Å². The average Bonchev–Trinajstić information content (AvgIpc) is 3.01. The van der Waals surface area contributed by atoms with Crippen molar-refractivity contribution in [2.24, 2.45) is 7.05 Å². The minimum Gasteiger partial charge on any atom is -0.311 e. The first-order chi connectivity index (χ1) is 12.1. The minimum absolute atomic E-state index is 0.0696. The predicted molar refractivity (Wildman–Crippen MR) is 106 cm³/mol. The van der Waals surface area contributed by atoms with Crippen molar-refractivity contribution in [2.75, 3.05) is 0 Å². The summed E-state index contributed by atoms with van der Waals surface area (Å²) in [6, 6.07) is 18.8. The Bertz CT molecular complexity index is 1090. The third kappa shape index (κ3) is 3.11. The van der Waals surface area contributed by atoms with E-state index in [9.17, 15) is 4.79 Å². The summed E-state index contributed by atoms with van der Waals surface area (Å²) < 4.78 is 3.04. The highest BCUT2D eigenvalue weighted by atomic mass is 32.1. The predicted octanol–water partition coefficient (Wildman–Crippen LogP) is 4.35. The third-order valence-corrected chi connectivity index (χ3v) is 5.66. The number of hydrogen-bond acceptors (Lipinski definition) is 3. The molecule has 2 aromatic carbocycles. The van der Waals surface area contributed by atoms with Crippen LogP contribution in [0.3, 0.4) is 0 Å². The van der Waals surface area contributed by atoms with E-state index in [4.69, 9.17) is 0 Å². The molecule has 4 rings (SSSR count). The SMILES string of the molecule is Cc1ccc2c(c1)cc(CNCc1cc3ccccc3s1)c(=O)n2C. The Hall–Kier alpha value is -2.43. The molecule has 0 unspecified atom stereocenters. The summed E-state index contributed by atoms with van der Waals surface area (Å²) in [6.45, 7) is 3.42. The van der Waals surface area contributed by atoms with Gasteiger partial charge in [0.2, 0.25) is 0 Å². The lowest BCUT2D eigenvalue weighted by Gasteiger charge is -2.10. The monoisotopic (exact) mass is 348 g/mol. The van der Waals surface area contributed by atoms with Crippen LogP contribution in [0.2, 0.25) is 0 Å². The number of nitrogens with zero attached hydrogens (tertiary/aromatic N) is 1. The zero-order chi connectivity index (χ0) is 17.4. The van der Waals surface area contributed by atoms with Gasteiger partial charge >= 0.3 is 0 Å². The van der Waals surface area contributed by atoms with Gasteiger partial charge in [0.15, 0.2) is 0 Å². The fraction of sp³-hybridized carbons (Fsp3) is 0.190. The highest BCUT2D eigenvalue weighted by Crippen LogP contribution is 2.25. The highest BCUT2D eigenvalue weighted by Gasteiger charge is 2.07. The van der Waals surface area contributed by atoms with E-state index in [0.717, 1.165) is 23.0 Å². The molecule has 0 radical (unpaired) electrons. The first kappa shape index (κ1) is 16.1. The molecule has 0 aliphatic carbocycles. The van der Waals surface area contributed by atoms with E-state index in [1.54, 1.807) is 15.9 Å². The van der Waals surface area contributed by atoms with Crippen molar-refractivity contribution in [3.8, 4) is 0 Å². The van der Waals surface area contributed by atoms with Crippen LogP contribution in [0.25, 0.3) is 21.0 Å². The van der Waals surface area contributed by atoms with Gasteiger partial charge < -0.3 is 9.88 Å². The van der Waals surface area contributed by atoms with Crippen LogP contribution in [0, 0.1) is 6.92 Å². The smallest absolute Gasteiger partial charge is 0.255 e. The molecule has 0 bridgehead atoms. The lowest BCUT2D eigenvalue weighted by molar-refractivity contribution is 0.689. The van der Waals surface area contributed by atoms with E-state index >= 15 is 0 Å². The Morgan fingerprint density at radius 2 is 1.84 bits per heavy atom. The van der Waals surface area contributed by atoms with Gasteiger partial charge in [0.25, 0.3) is 5.56 Å². The topological polar surface area (TPSA) is 34.0 Å². The second kappa shape index (κ2) is 6.47. The number of rotatable bonds is 4. The van der Waals surface area contributed by atoms with Crippen molar-refractivity contribution >= 4 is 32.3 Å². The Labute approximate surface area is 150 Å². The van der Waals surface area contributed by atoms with Crippen LogP contribution in [-0.4, -0.2) is 4.57 Å². The second-order valence-corrected chi connectivity index (χ2v) is 7.62. The first-order valence-electron chi connectivity index (χ1n) is 8.39. The van der Waals surface area contributed by atoms with Gasteiger partial charge in [-0.3, -0.25) is 4.79 Å². The van der Waals surface area contributed by atoms with E-state index in [1.165, 1.54) is 20.5 Å². The van der Waals surface area contributed by atoms with Crippen LogP contribution >= 0.6 is 11.3 Å². The molecule has 2 aromatic heterocycles. The molecule has 2 heterocycles. The summed E-state index contributed by atoms with van der Waals surface area (Å²) in [7, 11) is 1.84. The van der Waals surface area contributed by atoms with E-state index < -0.39 is 0 Å². The molecule has 126 valence electrons. The van der Waals surface area contributed by atoms with E-state index in [-0.39, 0.29) is 5.56 Å². The van der Waals surface area contributed by atoms with Crippen LogP contribution in [0.1, 0.15) is 16.0 Å². The van der Waals surface area contributed by atoms with E-state index in [2.05, 4.69) is 48.6 Å². The Balaban J connectivity index is 1.56. The molecule has 1 N–H and O–H groups in total. The quantitative estimate of drug-likeness (QED) is 0.595. The molecule has 0 amide bonds. The summed E-state index contributed by atoms with van der Waals surface area (Å²) in [5.74, 6) is 0. The molecule has 0 aliphatic heterocycles. The molecule has 3 nitrogen and oxygen atoms in total. The molecule has 0 fully saturated rings. The molecule has 0 saturated heterocycles. The maximum absolute atomic E-state index is 12.6. The molecule has 0 aliphatic rings. The van der Waals surface area contributed by atoms with Gasteiger partial charge in [-0.2, -0.15) is 0 Å². The molecule has 25 heavy (non-hydrogen) atoms. The Kier molecular flexibility index (Phi) is 4.15. The minimum atomic E-state index is 0.0696. The van der Waals surface area contributed by atoms with Crippen molar-refractivity contribution in [2.45, 2.75) is 20.0 Å². The molecule has 0 spiro atoms. The first-order valence-corrected chi connectivity index (χ1v) is 9.21. The summed E-state index contributed by atoms with van der Waals surface area (Å²) in [5.41, 5.74) is 3.06. The number of nitrogens with one attached hydrogen (secondary N) is 1. The van der Waals surface area contributed by atoms with Crippen molar-refractivity contribution in [3.63, 3.8) is 0 Å². The summed E-state index contributed by atoms with van der Waals surface area (Å²) in [6.07, 6.45) is 0. The number of fused-ring (bicyclic) bond motifs is 2. The highest BCUT2D eigenvalue weighted by molar-refractivity contribution is 7.19. The van der Waals surface area contributed by atoms with Gasteiger partial charge in [0.05, 0.1) is 5.52 Å². The maximum atomic E-state index is 12.6. The zero-order valence-electron chi connectivity index (χ0n) is 14.4. The maximum Gasteiger partial charge on any atom is 0.255 e. The average molecular weight is 348 g/mol. The molecule has 4 aromatic rings. The van der Waals surface area contributed by atoms with Gasteiger partial charge in [-0.15, -0.1) is 11.3 Å². The van der Waals surface area contributed by atoms with E-state index in [1.807, 2.05) is 25.2 Å². The van der Waals surface area contributed by atoms with Gasteiger partial charge in [-0.25, -0.2) is 0 Å². The lowest BCUT2D eigenvalue weighted by Crippen LogP contribution is -2.25. The summed E-state index contributed by atoms with van der Waals surface area (Å²) in [4.78, 5) is 13.9. The fourth-order valence-corrected chi connectivity index (χ4v) is 4.27. The number of thiophene rings is 1. The van der Waals surface area contributed by atoms with E-state index in [0.29, 0.717) is 6.54 Å². The van der Waals surface area contributed by atoms with Gasteiger partial charge in [0, 0.05) is 35.3 Å². The number of hydrogen-bond donors (Lipinski definition) is 1. The zero-order valence-corrected chi connectivity index (χ0v) is 15.2. The fourth-order valence-electron chi connectivity index (χ4n) is 3.24. The second-order valence-electron chi connectivity index (χ2n) is 6.45. The number of benzene rings is 2. The largest absolute Gasteiger partial charge is 0.311 e. The van der Waals surface area contributed by atoms with Gasteiger partial charge in [-0.1, -0.05) is 29.8 Å². The third-order valence-electron chi connectivity index (χ3n) is 4.54. The van der Waals surface area contributed by atoms with Crippen molar-refractivity contribution in [1.82, 2.24) is 9.88 Å². The standard InChI is InChI=1S/C21H20N2OS/c1-14-7-8-19-16(9-14)10-17(21(24)23(19)2)12-22-13-18-11-15-5-3-4-6-20(15)25-18/h3-11,22H,12-13H2,1-2H3. The van der Waals surface area contributed by atoms with Crippen LogP contribution in [0.5, 0.6) is 0 Å². The molecular weight excluding hydrogens is 328 g/mol. The van der Waals surface area contributed by atoms with Crippen molar-refractivity contribution < 1.29 is 0 Å². The van der Waals surface area contributed by atoms with Crippen LogP contribution < -0.4 is 10.9 Å².